The highest BCUT2D eigenvalue weighted by Gasteiger charge is 2.27. The van der Waals surface area contributed by atoms with Crippen LogP contribution in [-0.2, 0) is 14.3 Å². The number of hydrogen-bond acceptors (Lipinski definition) is 6. The summed E-state index contributed by atoms with van der Waals surface area (Å²) in [6.45, 7) is 2.78. The number of amides is 4. The third-order valence-electron chi connectivity index (χ3n) is 2.56. The number of carbonyl (C=O) groups is 4. The van der Waals surface area contributed by atoms with E-state index in [-0.39, 0.29) is 5.76 Å². The molecular formula is C13H16BrN3O6. The van der Waals surface area contributed by atoms with Crippen LogP contribution >= 0.6 is 15.9 Å². The van der Waals surface area contributed by atoms with Crippen LogP contribution in [0.4, 0.5) is 4.79 Å². The minimum Gasteiger partial charge on any atom is -0.451 e. The zero-order valence-corrected chi connectivity index (χ0v) is 14.0. The first-order valence-corrected chi connectivity index (χ1v) is 7.33. The van der Waals surface area contributed by atoms with Gasteiger partial charge >= 0.3 is 12.0 Å². The number of nitrogens with one attached hydrogen (secondary N) is 2. The number of carbonyl (C=O) groups excluding carboxylic acids is 4. The number of imide groups is 1. The van der Waals surface area contributed by atoms with Gasteiger partial charge in [-0.3, -0.25) is 19.7 Å². The minimum absolute atomic E-state index is 0.0107. The fraction of sp³-hybridized carbons (Fsp3) is 0.385. The topological polar surface area (TPSA) is 141 Å². The summed E-state index contributed by atoms with van der Waals surface area (Å²) in [5.41, 5.74) is 4.84. The third kappa shape index (κ3) is 6.10. The van der Waals surface area contributed by atoms with Crippen LogP contribution in [0.5, 0.6) is 0 Å². The molecule has 1 heterocycles. The summed E-state index contributed by atoms with van der Waals surface area (Å²) >= 11 is 3.04. The predicted octanol–water partition coefficient (Wildman–Crippen LogP) is 0.535. The van der Waals surface area contributed by atoms with E-state index in [0.29, 0.717) is 4.67 Å². The van der Waals surface area contributed by atoms with E-state index in [9.17, 15) is 19.2 Å². The maximum atomic E-state index is 11.7. The number of urea groups is 1. The molecule has 4 amide bonds. The molecule has 4 N–H and O–H groups in total. The van der Waals surface area contributed by atoms with E-state index in [1.165, 1.54) is 12.1 Å². The van der Waals surface area contributed by atoms with Gasteiger partial charge in [0, 0.05) is 0 Å². The smallest absolute Gasteiger partial charge is 0.326 e. The average Bonchev–Trinajstić information content (AvgIpc) is 2.87. The Balaban J connectivity index is 2.54. The van der Waals surface area contributed by atoms with E-state index >= 15 is 0 Å². The Morgan fingerprint density at radius 1 is 1.30 bits per heavy atom. The van der Waals surface area contributed by atoms with Gasteiger partial charge in [-0.1, -0.05) is 13.8 Å². The van der Waals surface area contributed by atoms with Gasteiger partial charge in [-0.25, -0.2) is 4.79 Å². The van der Waals surface area contributed by atoms with Crippen molar-refractivity contribution in [3.05, 3.63) is 22.6 Å². The molecule has 126 valence electrons. The number of primary amides is 1. The van der Waals surface area contributed by atoms with Crippen molar-refractivity contribution < 1.29 is 28.3 Å². The lowest BCUT2D eigenvalue weighted by Crippen LogP contribution is -2.46. The van der Waals surface area contributed by atoms with Crippen LogP contribution in [0.3, 0.4) is 0 Å². The molecule has 0 aliphatic rings. The number of nitrogens with two attached hydrogens (primary N) is 1. The van der Waals surface area contributed by atoms with E-state index < -0.39 is 42.4 Å². The van der Waals surface area contributed by atoms with E-state index in [4.69, 9.17) is 14.9 Å². The van der Waals surface area contributed by atoms with Gasteiger partial charge in [-0.05, 0) is 34.0 Å². The first kappa shape index (κ1) is 18.7. The Morgan fingerprint density at radius 3 is 2.43 bits per heavy atom. The monoisotopic (exact) mass is 389 g/mol. The van der Waals surface area contributed by atoms with Crippen LogP contribution in [-0.4, -0.2) is 36.5 Å². The maximum absolute atomic E-state index is 11.7. The van der Waals surface area contributed by atoms with Crippen LogP contribution in [0, 0.1) is 5.92 Å². The molecule has 0 unspecified atom stereocenters. The molecular weight excluding hydrogens is 374 g/mol. The van der Waals surface area contributed by atoms with Crippen LogP contribution in [0.25, 0.3) is 0 Å². The van der Waals surface area contributed by atoms with Crippen molar-refractivity contribution in [1.29, 1.82) is 0 Å². The zero-order chi connectivity index (χ0) is 17.6. The van der Waals surface area contributed by atoms with Crippen LogP contribution in [0.1, 0.15) is 24.4 Å². The molecule has 0 bridgehead atoms. The van der Waals surface area contributed by atoms with Crippen LogP contribution in [0.15, 0.2) is 21.2 Å². The molecule has 0 fully saturated rings. The molecule has 0 saturated heterocycles. The lowest BCUT2D eigenvalue weighted by Gasteiger charge is -2.19. The minimum atomic E-state index is -1.20. The Kier molecular flexibility index (Phi) is 6.76. The lowest BCUT2D eigenvalue weighted by molar-refractivity contribution is -0.157. The highest BCUT2D eigenvalue weighted by molar-refractivity contribution is 9.10. The summed E-state index contributed by atoms with van der Waals surface area (Å²) in [6, 6.07) is 1.89. The van der Waals surface area contributed by atoms with E-state index in [1.54, 1.807) is 13.8 Å². The number of furan rings is 1. The largest absolute Gasteiger partial charge is 0.451 e. The second kappa shape index (κ2) is 8.32. The molecule has 1 atom stereocenters. The molecule has 9 nitrogen and oxygen atoms in total. The normalized spacial score (nSPS) is 11.7. The Bertz CT molecular complexity index is 613. The highest BCUT2D eigenvalue weighted by atomic mass is 79.9. The summed E-state index contributed by atoms with van der Waals surface area (Å²) < 4.78 is 10.3. The van der Waals surface area contributed by atoms with E-state index in [0.717, 1.165) is 0 Å². The highest BCUT2D eigenvalue weighted by Crippen LogP contribution is 2.13. The van der Waals surface area contributed by atoms with Crippen molar-refractivity contribution >= 4 is 39.7 Å². The molecule has 0 saturated carbocycles. The SMILES string of the molecule is CC(C)[C@@H](OC(=O)CNC(=O)c1ccc(Br)o1)C(=O)NC(N)=O. The summed E-state index contributed by atoms with van der Waals surface area (Å²) in [7, 11) is 0. The second-order valence-corrected chi connectivity index (χ2v) is 5.58. The fourth-order valence-electron chi connectivity index (χ4n) is 1.54. The number of hydrogen-bond donors (Lipinski definition) is 3. The molecule has 10 heteroatoms. The molecule has 1 rings (SSSR count). The first-order valence-electron chi connectivity index (χ1n) is 6.54. The molecule has 0 spiro atoms. The summed E-state index contributed by atoms with van der Waals surface area (Å²) in [4.78, 5) is 45.8. The van der Waals surface area contributed by atoms with Crippen molar-refractivity contribution in [1.82, 2.24) is 10.6 Å². The molecule has 0 aliphatic carbocycles. The molecule has 23 heavy (non-hydrogen) atoms. The second-order valence-electron chi connectivity index (χ2n) is 4.79. The molecule has 0 radical (unpaired) electrons. The standard InChI is InChI=1S/C13H16BrN3O6/c1-6(2)10(12(20)17-13(15)21)23-9(18)5-16-11(19)7-3-4-8(14)22-7/h3-4,6,10H,5H2,1-2H3,(H,16,19)(H3,15,17,20,21)/t10-/m1/s1. The molecule has 1 aromatic rings. The van der Waals surface area contributed by atoms with Gasteiger partial charge in [0.25, 0.3) is 11.8 Å². The van der Waals surface area contributed by atoms with Gasteiger partial charge in [0.2, 0.25) is 0 Å². The number of ether oxygens (including phenoxy) is 1. The van der Waals surface area contributed by atoms with Gasteiger partial charge in [-0.15, -0.1) is 0 Å². The van der Waals surface area contributed by atoms with Gasteiger partial charge < -0.3 is 20.2 Å². The third-order valence-corrected chi connectivity index (χ3v) is 2.99. The zero-order valence-electron chi connectivity index (χ0n) is 12.4. The fourth-order valence-corrected chi connectivity index (χ4v) is 1.85. The van der Waals surface area contributed by atoms with Crippen molar-refractivity contribution in [2.45, 2.75) is 20.0 Å². The quantitative estimate of drug-likeness (QED) is 0.606. The molecule has 0 aliphatic heterocycles. The Hall–Kier alpha value is -2.36. The summed E-state index contributed by atoms with van der Waals surface area (Å²) in [6.07, 6.45) is -1.20. The molecule has 0 aromatic carbocycles. The van der Waals surface area contributed by atoms with Gasteiger partial charge in [0.05, 0.1) is 0 Å². The first-order chi connectivity index (χ1) is 10.7. The van der Waals surface area contributed by atoms with Crippen LogP contribution in [0.2, 0.25) is 0 Å². The van der Waals surface area contributed by atoms with Crippen molar-refractivity contribution in [3.63, 3.8) is 0 Å². The van der Waals surface area contributed by atoms with E-state index in [1.807, 2.05) is 5.32 Å². The van der Waals surface area contributed by atoms with Crippen molar-refractivity contribution in [3.8, 4) is 0 Å². The van der Waals surface area contributed by atoms with Gasteiger partial charge in [-0.2, -0.15) is 0 Å². The summed E-state index contributed by atoms with van der Waals surface area (Å²) in [5.74, 6) is -2.67. The van der Waals surface area contributed by atoms with Gasteiger partial charge in [0.15, 0.2) is 16.5 Å². The lowest BCUT2D eigenvalue weighted by atomic mass is 10.1. The van der Waals surface area contributed by atoms with Crippen LogP contribution < -0.4 is 16.4 Å². The Labute approximate surface area is 140 Å². The number of halogens is 1. The number of esters is 1. The predicted molar refractivity (Wildman–Crippen MR) is 81.2 cm³/mol. The Morgan fingerprint density at radius 2 is 1.96 bits per heavy atom. The maximum Gasteiger partial charge on any atom is 0.326 e. The summed E-state index contributed by atoms with van der Waals surface area (Å²) in [5, 5.41) is 4.12. The average molecular weight is 390 g/mol. The van der Waals surface area contributed by atoms with Crippen molar-refractivity contribution in [2.75, 3.05) is 6.54 Å². The van der Waals surface area contributed by atoms with Crippen molar-refractivity contribution in [2.24, 2.45) is 11.7 Å². The van der Waals surface area contributed by atoms with E-state index in [2.05, 4.69) is 21.2 Å². The molecule has 1 aromatic heterocycles. The number of rotatable bonds is 6. The van der Waals surface area contributed by atoms with Gasteiger partial charge in [0.1, 0.15) is 6.54 Å².